The SMILES string of the molecule is C=C=C=C=C=C(N=C(C)CCC)[SiH2]OC. The third-order valence-corrected chi connectivity index (χ3v) is 2.47. The molecule has 0 rings (SSSR count). The van der Waals surface area contributed by atoms with E-state index >= 15 is 0 Å². The highest BCUT2D eigenvalue weighted by molar-refractivity contribution is 6.38. The van der Waals surface area contributed by atoms with E-state index in [0.717, 1.165) is 23.9 Å². The van der Waals surface area contributed by atoms with E-state index in [9.17, 15) is 0 Å². The van der Waals surface area contributed by atoms with Crippen molar-refractivity contribution in [2.45, 2.75) is 26.7 Å². The monoisotopic (exact) mass is 219 g/mol. The molecular formula is C12H17NOSi. The first kappa shape index (κ1) is 13.7. The molecule has 0 N–H and O–H groups in total. The summed E-state index contributed by atoms with van der Waals surface area (Å²) in [5.41, 5.74) is 11.8. The van der Waals surface area contributed by atoms with Gasteiger partial charge >= 0.3 is 0 Å². The quantitative estimate of drug-likeness (QED) is 0.394. The molecule has 0 aliphatic carbocycles. The van der Waals surface area contributed by atoms with Gasteiger partial charge in [0, 0.05) is 12.8 Å². The van der Waals surface area contributed by atoms with Gasteiger partial charge in [-0.1, -0.05) is 19.1 Å². The van der Waals surface area contributed by atoms with Crippen molar-refractivity contribution in [1.82, 2.24) is 0 Å². The highest BCUT2D eigenvalue weighted by atomic mass is 28.2. The predicted octanol–water partition coefficient (Wildman–Crippen LogP) is 2.07. The van der Waals surface area contributed by atoms with Gasteiger partial charge < -0.3 is 4.43 Å². The average molecular weight is 219 g/mol. The van der Waals surface area contributed by atoms with E-state index in [4.69, 9.17) is 4.43 Å². The molecule has 0 atom stereocenters. The van der Waals surface area contributed by atoms with Gasteiger partial charge in [-0.2, -0.15) is 0 Å². The Balaban J connectivity index is 4.99. The predicted molar refractivity (Wildman–Crippen MR) is 66.8 cm³/mol. The van der Waals surface area contributed by atoms with Crippen LogP contribution in [0.2, 0.25) is 0 Å². The van der Waals surface area contributed by atoms with Crippen molar-refractivity contribution < 1.29 is 4.43 Å². The Labute approximate surface area is 94.0 Å². The lowest BCUT2D eigenvalue weighted by molar-refractivity contribution is 0.447. The maximum Gasteiger partial charge on any atom is 0.222 e. The first-order valence-corrected chi connectivity index (χ1v) is 6.20. The lowest BCUT2D eigenvalue weighted by Gasteiger charge is -1.98. The Morgan fingerprint density at radius 3 is 2.73 bits per heavy atom. The van der Waals surface area contributed by atoms with E-state index in [2.05, 4.69) is 41.4 Å². The summed E-state index contributed by atoms with van der Waals surface area (Å²) in [6.45, 7) is 7.54. The van der Waals surface area contributed by atoms with Gasteiger partial charge in [-0.05, 0) is 37.1 Å². The summed E-state index contributed by atoms with van der Waals surface area (Å²) in [5.74, 6) is 0. The van der Waals surface area contributed by atoms with Crippen molar-refractivity contribution in [2.75, 3.05) is 7.11 Å². The molecule has 0 aromatic carbocycles. The van der Waals surface area contributed by atoms with Gasteiger partial charge in [-0.3, -0.25) is 4.99 Å². The normalized spacial score (nSPS) is 10.5. The summed E-state index contributed by atoms with van der Waals surface area (Å²) < 4.78 is 5.14. The van der Waals surface area contributed by atoms with Gasteiger partial charge in [0.2, 0.25) is 9.76 Å². The molecule has 0 amide bonds. The van der Waals surface area contributed by atoms with Crippen LogP contribution in [0.4, 0.5) is 0 Å². The summed E-state index contributed by atoms with van der Waals surface area (Å²) in [6.07, 6.45) is 2.10. The van der Waals surface area contributed by atoms with E-state index in [0.29, 0.717) is 0 Å². The molecule has 2 nitrogen and oxygen atoms in total. The molecule has 0 aromatic heterocycles. The summed E-state index contributed by atoms with van der Waals surface area (Å²) in [7, 11) is 0.901. The van der Waals surface area contributed by atoms with E-state index in [1.807, 2.05) is 6.92 Å². The zero-order valence-corrected chi connectivity index (χ0v) is 11.1. The fraction of sp³-hybridized carbons (Fsp3) is 0.417. The zero-order chi connectivity index (χ0) is 11.5. The number of aliphatic imine (C=N–C) groups is 1. The standard InChI is InChI=1S/C12H17NOSi/c1-5-7-8-10-12(15-14-4)13-11(3)9-6-2/h1,6,9,15H2,2-4H3. The lowest BCUT2D eigenvalue weighted by Crippen LogP contribution is -1.99. The van der Waals surface area contributed by atoms with Crippen LogP contribution in [-0.2, 0) is 4.43 Å². The lowest BCUT2D eigenvalue weighted by atomic mass is 10.2. The Kier molecular flexibility index (Phi) is 8.47. The van der Waals surface area contributed by atoms with E-state index in [1.165, 1.54) is 0 Å². The first-order valence-electron chi connectivity index (χ1n) is 4.91. The van der Waals surface area contributed by atoms with Crippen LogP contribution in [0.1, 0.15) is 26.7 Å². The van der Waals surface area contributed by atoms with Crippen molar-refractivity contribution in [3.63, 3.8) is 0 Å². The summed E-state index contributed by atoms with van der Waals surface area (Å²) in [4.78, 5) is 4.44. The molecule has 0 radical (unpaired) electrons. The van der Waals surface area contributed by atoms with Crippen molar-refractivity contribution in [3.05, 3.63) is 34.8 Å². The zero-order valence-electron chi connectivity index (χ0n) is 9.68. The van der Waals surface area contributed by atoms with Crippen molar-refractivity contribution in [2.24, 2.45) is 4.99 Å². The van der Waals surface area contributed by atoms with Crippen LogP contribution in [-0.4, -0.2) is 22.6 Å². The molecule has 0 fully saturated rings. The number of hydrogen-bond donors (Lipinski definition) is 0. The van der Waals surface area contributed by atoms with E-state index in [1.54, 1.807) is 7.11 Å². The second-order valence-electron chi connectivity index (χ2n) is 3.03. The molecule has 0 aliphatic heterocycles. The minimum Gasteiger partial charge on any atom is -0.419 e. The molecule has 0 saturated carbocycles. The van der Waals surface area contributed by atoms with Crippen LogP contribution >= 0.6 is 0 Å². The van der Waals surface area contributed by atoms with Crippen LogP contribution in [0.5, 0.6) is 0 Å². The van der Waals surface area contributed by atoms with Gasteiger partial charge in [0.15, 0.2) is 0 Å². The third-order valence-electron chi connectivity index (χ3n) is 1.58. The molecule has 0 unspecified atom stereocenters. The largest absolute Gasteiger partial charge is 0.419 e. The van der Waals surface area contributed by atoms with Crippen LogP contribution in [0, 0.1) is 0 Å². The number of hydrogen-bond acceptors (Lipinski definition) is 2. The molecule has 0 aliphatic rings. The van der Waals surface area contributed by atoms with Crippen LogP contribution in [0.15, 0.2) is 39.8 Å². The van der Waals surface area contributed by atoms with Gasteiger partial charge in [0.05, 0.1) is 5.32 Å². The average Bonchev–Trinajstić information content (AvgIpc) is 2.18. The topological polar surface area (TPSA) is 21.6 Å². The fourth-order valence-corrected chi connectivity index (χ4v) is 1.80. The molecule has 0 spiro atoms. The number of nitrogens with zero attached hydrogens (tertiary/aromatic N) is 1. The smallest absolute Gasteiger partial charge is 0.222 e. The second-order valence-corrected chi connectivity index (χ2v) is 4.56. The molecule has 15 heavy (non-hydrogen) atoms. The summed E-state index contributed by atoms with van der Waals surface area (Å²) >= 11 is 0. The third kappa shape index (κ3) is 7.75. The minimum absolute atomic E-state index is 0.785. The van der Waals surface area contributed by atoms with Gasteiger partial charge in [-0.25, -0.2) is 0 Å². The van der Waals surface area contributed by atoms with Crippen LogP contribution in [0.3, 0.4) is 0 Å². The molecule has 80 valence electrons. The Morgan fingerprint density at radius 1 is 1.47 bits per heavy atom. The molecule has 0 heterocycles. The summed E-state index contributed by atoms with van der Waals surface area (Å²) in [5, 5.41) is 0.853. The van der Waals surface area contributed by atoms with E-state index in [-0.39, 0.29) is 0 Å². The first-order chi connectivity index (χ1) is 7.24. The van der Waals surface area contributed by atoms with E-state index < -0.39 is 9.76 Å². The maximum atomic E-state index is 5.14. The van der Waals surface area contributed by atoms with Gasteiger partial charge in [0.25, 0.3) is 0 Å². The Bertz CT molecular complexity index is 372. The van der Waals surface area contributed by atoms with Crippen molar-refractivity contribution in [1.29, 1.82) is 0 Å². The Morgan fingerprint density at radius 2 is 2.20 bits per heavy atom. The molecule has 0 bridgehead atoms. The van der Waals surface area contributed by atoms with Crippen LogP contribution < -0.4 is 0 Å². The van der Waals surface area contributed by atoms with Crippen molar-refractivity contribution in [3.8, 4) is 0 Å². The fourth-order valence-electron chi connectivity index (χ4n) is 1.03. The highest BCUT2D eigenvalue weighted by Crippen LogP contribution is 1.98. The molecular weight excluding hydrogens is 202 g/mol. The van der Waals surface area contributed by atoms with Gasteiger partial charge in [-0.15, -0.1) is 0 Å². The Hall–Kier alpha value is -1.29. The maximum absolute atomic E-state index is 5.14. The van der Waals surface area contributed by atoms with Crippen molar-refractivity contribution >= 4 is 15.5 Å². The van der Waals surface area contributed by atoms with Gasteiger partial charge in [0.1, 0.15) is 0 Å². The molecule has 3 heteroatoms. The molecule has 0 aromatic rings. The second kappa shape index (κ2) is 9.27. The minimum atomic E-state index is -0.785. The summed E-state index contributed by atoms with van der Waals surface area (Å²) in [6, 6.07) is 0. The molecule has 0 saturated heterocycles. The number of rotatable bonds is 5. The van der Waals surface area contributed by atoms with Crippen LogP contribution in [0.25, 0.3) is 0 Å². The highest BCUT2D eigenvalue weighted by Gasteiger charge is 1.95.